The third kappa shape index (κ3) is 1.38. The highest BCUT2D eigenvalue weighted by atomic mass is 32.2. The molecule has 92 valence electrons. The molecule has 4 atom stereocenters. The monoisotopic (exact) mass is 258 g/mol. The summed E-state index contributed by atoms with van der Waals surface area (Å²) >= 11 is 1.69. The standard InChI is InChI=1S/C15H14O2S/c16-14-11-6-7-12(14)15(9-8-13(11)17-15)18-10-4-2-1-3-5-10/h1-5,8-9,11-13H,6-7H2. The Balaban J connectivity index is 1.71. The second-order valence-electron chi connectivity index (χ2n) is 5.22. The zero-order valence-corrected chi connectivity index (χ0v) is 10.7. The fourth-order valence-corrected chi connectivity index (χ4v) is 4.70. The van der Waals surface area contributed by atoms with Crippen molar-refractivity contribution in [2.24, 2.45) is 11.8 Å². The van der Waals surface area contributed by atoms with Gasteiger partial charge in [-0.1, -0.05) is 36.0 Å². The molecule has 4 rings (SSSR count). The third-order valence-electron chi connectivity index (χ3n) is 4.22. The Hall–Kier alpha value is -1.06. The molecule has 0 aromatic heterocycles. The number of ether oxygens (including phenoxy) is 1. The van der Waals surface area contributed by atoms with Crippen molar-refractivity contribution >= 4 is 17.5 Å². The van der Waals surface area contributed by atoms with Gasteiger partial charge in [0, 0.05) is 10.8 Å². The molecule has 0 amide bonds. The molecule has 18 heavy (non-hydrogen) atoms. The molecule has 1 aliphatic carbocycles. The van der Waals surface area contributed by atoms with Crippen LogP contribution in [0.3, 0.4) is 0 Å². The van der Waals surface area contributed by atoms with Crippen LogP contribution in [0.15, 0.2) is 47.4 Å². The van der Waals surface area contributed by atoms with Gasteiger partial charge in [0.25, 0.3) is 0 Å². The Labute approximate surface area is 110 Å². The van der Waals surface area contributed by atoms with Gasteiger partial charge in [-0.25, -0.2) is 0 Å². The van der Waals surface area contributed by atoms with Gasteiger partial charge in [0.1, 0.15) is 10.7 Å². The van der Waals surface area contributed by atoms with Crippen LogP contribution in [-0.4, -0.2) is 16.8 Å². The van der Waals surface area contributed by atoms with Crippen molar-refractivity contribution in [3.63, 3.8) is 0 Å². The van der Waals surface area contributed by atoms with Gasteiger partial charge >= 0.3 is 0 Å². The van der Waals surface area contributed by atoms with E-state index in [1.165, 1.54) is 4.90 Å². The van der Waals surface area contributed by atoms with E-state index in [1.54, 1.807) is 11.8 Å². The maximum Gasteiger partial charge on any atom is 0.147 e. The van der Waals surface area contributed by atoms with E-state index >= 15 is 0 Å². The molecular weight excluding hydrogens is 244 g/mol. The molecule has 4 bridgehead atoms. The predicted octanol–water partition coefficient (Wildman–Crippen LogP) is 3.04. The van der Waals surface area contributed by atoms with Crippen LogP contribution in [-0.2, 0) is 9.53 Å². The first kappa shape index (κ1) is 10.8. The Bertz CT molecular complexity index is 525. The molecule has 1 saturated heterocycles. The van der Waals surface area contributed by atoms with Gasteiger partial charge in [-0.15, -0.1) is 0 Å². The first-order valence-electron chi connectivity index (χ1n) is 6.43. The molecule has 4 unspecified atom stereocenters. The summed E-state index contributed by atoms with van der Waals surface area (Å²) in [4.78, 5) is 13.0. The molecule has 3 aliphatic rings. The SMILES string of the molecule is O=C1C2CCC1C1(Sc3ccccc3)C=CC2O1. The lowest BCUT2D eigenvalue weighted by Crippen LogP contribution is -2.45. The van der Waals surface area contributed by atoms with Gasteiger partial charge in [0.05, 0.1) is 12.0 Å². The Morgan fingerprint density at radius 3 is 2.89 bits per heavy atom. The number of benzene rings is 1. The lowest BCUT2D eigenvalue weighted by molar-refractivity contribution is -0.141. The summed E-state index contributed by atoms with van der Waals surface area (Å²) in [6.45, 7) is 0. The second kappa shape index (κ2) is 3.72. The Kier molecular flexibility index (Phi) is 2.24. The van der Waals surface area contributed by atoms with E-state index in [-0.39, 0.29) is 17.9 Å². The molecule has 0 N–H and O–H groups in total. The zero-order valence-electron chi connectivity index (χ0n) is 9.91. The topological polar surface area (TPSA) is 26.3 Å². The van der Waals surface area contributed by atoms with Gasteiger partial charge in [-0.3, -0.25) is 4.79 Å². The average molecular weight is 258 g/mol. The van der Waals surface area contributed by atoms with Crippen molar-refractivity contribution < 1.29 is 9.53 Å². The van der Waals surface area contributed by atoms with Crippen LogP contribution in [0, 0.1) is 11.8 Å². The number of thioether (sulfide) groups is 1. The Morgan fingerprint density at radius 1 is 1.22 bits per heavy atom. The summed E-state index contributed by atoms with van der Waals surface area (Å²) < 4.78 is 6.18. The first-order valence-corrected chi connectivity index (χ1v) is 7.25. The summed E-state index contributed by atoms with van der Waals surface area (Å²) in [5.74, 6) is 0.584. The molecule has 2 nitrogen and oxygen atoms in total. The fourth-order valence-electron chi connectivity index (χ4n) is 3.35. The Morgan fingerprint density at radius 2 is 2.06 bits per heavy atom. The van der Waals surface area contributed by atoms with Gasteiger partial charge in [0.15, 0.2) is 0 Å². The van der Waals surface area contributed by atoms with Crippen molar-refractivity contribution in [3.05, 3.63) is 42.5 Å². The number of hydrogen-bond acceptors (Lipinski definition) is 3. The number of ketones is 1. The molecule has 2 fully saturated rings. The molecular formula is C15H14O2S. The minimum absolute atomic E-state index is 0.0208. The highest BCUT2D eigenvalue weighted by molar-refractivity contribution is 8.00. The van der Waals surface area contributed by atoms with Crippen LogP contribution in [0.1, 0.15) is 12.8 Å². The minimum atomic E-state index is -0.434. The number of carbonyl (C=O) groups excluding carboxylic acids is 1. The number of Topliss-reactive ketones (excluding diaryl/α,β-unsaturated/α-hetero) is 1. The summed E-state index contributed by atoms with van der Waals surface area (Å²) in [5.41, 5.74) is 0. The van der Waals surface area contributed by atoms with Crippen LogP contribution in [0.5, 0.6) is 0 Å². The smallest absolute Gasteiger partial charge is 0.147 e. The van der Waals surface area contributed by atoms with Crippen LogP contribution < -0.4 is 0 Å². The molecule has 2 aliphatic heterocycles. The predicted molar refractivity (Wildman–Crippen MR) is 70.3 cm³/mol. The lowest BCUT2D eigenvalue weighted by Gasteiger charge is -2.37. The largest absolute Gasteiger partial charge is 0.351 e. The van der Waals surface area contributed by atoms with E-state index < -0.39 is 4.93 Å². The summed E-state index contributed by atoms with van der Waals surface area (Å²) in [6, 6.07) is 10.2. The van der Waals surface area contributed by atoms with E-state index in [9.17, 15) is 4.79 Å². The van der Waals surface area contributed by atoms with Gasteiger partial charge in [-0.05, 0) is 31.1 Å². The zero-order chi connectivity index (χ0) is 12.2. The average Bonchev–Trinajstić information content (AvgIpc) is 2.87. The van der Waals surface area contributed by atoms with Crippen molar-refractivity contribution in [2.45, 2.75) is 28.8 Å². The number of hydrogen-bond donors (Lipinski definition) is 0. The van der Waals surface area contributed by atoms with Crippen molar-refractivity contribution in [1.82, 2.24) is 0 Å². The summed E-state index contributed by atoms with van der Waals surface area (Å²) in [5, 5.41) is 0. The molecule has 1 saturated carbocycles. The van der Waals surface area contributed by atoms with Crippen LogP contribution in [0.4, 0.5) is 0 Å². The van der Waals surface area contributed by atoms with E-state index in [4.69, 9.17) is 4.74 Å². The maximum atomic E-state index is 12.3. The van der Waals surface area contributed by atoms with Crippen molar-refractivity contribution in [1.29, 1.82) is 0 Å². The van der Waals surface area contributed by atoms with Gasteiger partial charge < -0.3 is 4.74 Å². The highest BCUT2D eigenvalue weighted by Gasteiger charge is 2.59. The fraction of sp³-hybridized carbons (Fsp3) is 0.400. The molecule has 1 aromatic carbocycles. The van der Waals surface area contributed by atoms with E-state index in [1.807, 2.05) is 18.2 Å². The molecule has 0 radical (unpaired) electrons. The highest BCUT2D eigenvalue weighted by Crippen LogP contribution is 2.56. The van der Waals surface area contributed by atoms with Gasteiger partial charge in [-0.2, -0.15) is 0 Å². The van der Waals surface area contributed by atoms with E-state index in [0.717, 1.165) is 12.8 Å². The quantitative estimate of drug-likeness (QED) is 0.763. The van der Waals surface area contributed by atoms with Crippen LogP contribution in [0.2, 0.25) is 0 Å². The lowest BCUT2D eigenvalue weighted by atomic mass is 9.94. The minimum Gasteiger partial charge on any atom is -0.351 e. The second-order valence-corrected chi connectivity index (χ2v) is 6.53. The van der Waals surface area contributed by atoms with Gasteiger partial charge in [0.2, 0.25) is 0 Å². The number of carbonyl (C=O) groups is 1. The van der Waals surface area contributed by atoms with Crippen molar-refractivity contribution in [3.8, 4) is 0 Å². The van der Waals surface area contributed by atoms with Crippen LogP contribution >= 0.6 is 11.8 Å². The van der Waals surface area contributed by atoms with Crippen LogP contribution in [0.25, 0.3) is 0 Å². The summed E-state index contributed by atoms with van der Waals surface area (Å²) in [7, 11) is 0. The molecule has 0 spiro atoms. The summed E-state index contributed by atoms with van der Waals surface area (Å²) in [6.07, 6.45) is 6.21. The normalized spacial score (nSPS) is 40.4. The number of rotatable bonds is 2. The first-order chi connectivity index (χ1) is 8.78. The maximum absolute atomic E-state index is 12.3. The molecule has 3 heteroatoms. The number of fused-ring (bicyclic) bond motifs is 6. The van der Waals surface area contributed by atoms with E-state index in [2.05, 4.69) is 24.3 Å². The van der Waals surface area contributed by atoms with E-state index in [0.29, 0.717) is 5.78 Å². The third-order valence-corrected chi connectivity index (χ3v) is 5.56. The molecule has 2 heterocycles. The van der Waals surface area contributed by atoms with Crippen molar-refractivity contribution in [2.75, 3.05) is 0 Å². The molecule has 1 aromatic rings.